The average Bonchev–Trinajstić information content (AvgIpc) is 2.81. The van der Waals surface area contributed by atoms with E-state index in [0.717, 1.165) is 58.4 Å². The second-order valence-electron chi connectivity index (χ2n) is 8.89. The number of aromatic nitrogens is 1. The molecule has 5 rings (SSSR count). The molecule has 33 heavy (non-hydrogen) atoms. The summed E-state index contributed by atoms with van der Waals surface area (Å²) >= 11 is 0. The molecule has 4 aromatic rings. The highest BCUT2D eigenvalue weighted by atomic mass is 16.1. The minimum absolute atomic E-state index is 0.00993. The smallest absolute Gasteiger partial charge is 0.256 e. The van der Waals surface area contributed by atoms with E-state index in [0.29, 0.717) is 16.7 Å². The summed E-state index contributed by atoms with van der Waals surface area (Å²) in [5.74, 6) is -0.00993. The normalized spacial score (nSPS) is 12.3. The Morgan fingerprint density at radius 2 is 1.58 bits per heavy atom. The van der Waals surface area contributed by atoms with Gasteiger partial charge in [0.05, 0.1) is 16.6 Å². The first-order valence-electron chi connectivity index (χ1n) is 11.3. The Morgan fingerprint density at radius 1 is 0.879 bits per heavy atom. The molecule has 166 valence electrons. The topological polar surface area (TPSA) is 65.2 Å². The molecular formula is C28H27N3O2. The van der Waals surface area contributed by atoms with Crippen molar-refractivity contribution in [2.45, 2.75) is 13.3 Å². The fourth-order valence-electron chi connectivity index (χ4n) is 4.82. The number of carbonyl (C=O) groups is 1. The third-order valence-corrected chi connectivity index (χ3v) is 6.32. The molecule has 2 N–H and O–H groups in total. The predicted molar refractivity (Wildman–Crippen MR) is 135 cm³/mol. The van der Waals surface area contributed by atoms with Crippen molar-refractivity contribution in [3.8, 4) is 22.3 Å². The summed E-state index contributed by atoms with van der Waals surface area (Å²) in [4.78, 5) is 32.4. The summed E-state index contributed by atoms with van der Waals surface area (Å²) in [5, 5.41) is 4.34. The molecule has 0 amide bonds. The van der Waals surface area contributed by atoms with Gasteiger partial charge >= 0.3 is 0 Å². The SMILES string of the molecule is Cc1cc(NCCCN(C)C)c2c3c(c(-c4ccccc4)c(=O)[nH]c13)-c1ccccc1C2=O. The van der Waals surface area contributed by atoms with Gasteiger partial charge in [-0.25, -0.2) is 0 Å². The maximum atomic E-state index is 13.8. The van der Waals surface area contributed by atoms with Crippen LogP contribution in [0.3, 0.4) is 0 Å². The summed E-state index contributed by atoms with van der Waals surface area (Å²) < 4.78 is 0. The molecule has 1 heterocycles. The largest absolute Gasteiger partial charge is 0.384 e. The van der Waals surface area contributed by atoms with E-state index < -0.39 is 0 Å². The Morgan fingerprint density at radius 3 is 2.30 bits per heavy atom. The number of carbonyl (C=O) groups excluding carboxylic acids is 1. The van der Waals surface area contributed by atoms with Gasteiger partial charge in [0, 0.05) is 28.7 Å². The third-order valence-electron chi connectivity index (χ3n) is 6.32. The third kappa shape index (κ3) is 3.55. The van der Waals surface area contributed by atoms with E-state index in [-0.39, 0.29) is 11.3 Å². The number of fused-ring (bicyclic) bond motifs is 2. The van der Waals surface area contributed by atoms with Crippen LogP contribution in [0.1, 0.15) is 27.9 Å². The van der Waals surface area contributed by atoms with Gasteiger partial charge in [0.25, 0.3) is 5.56 Å². The van der Waals surface area contributed by atoms with E-state index in [4.69, 9.17) is 0 Å². The Labute approximate surface area is 193 Å². The fourth-order valence-corrected chi connectivity index (χ4v) is 4.82. The Kier molecular flexibility index (Phi) is 5.35. The van der Waals surface area contributed by atoms with Crippen LogP contribution in [0.2, 0.25) is 0 Å². The van der Waals surface area contributed by atoms with Crippen molar-refractivity contribution in [2.24, 2.45) is 0 Å². The van der Waals surface area contributed by atoms with Crippen molar-refractivity contribution >= 4 is 22.4 Å². The van der Waals surface area contributed by atoms with Crippen molar-refractivity contribution in [1.29, 1.82) is 0 Å². The summed E-state index contributed by atoms with van der Waals surface area (Å²) in [6.45, 7) is 3.70. The molecule has 0 unspecified atom stereocenters. The van der Waals surface area contributed by atoms with Crippen molar-refractivity contribution in [2.75, 3.05) is 32.5 Å². The van der Waals surface area contributed by atoms with Crippen molar-refractivity contribution in [1.82, 2.24) is 9.88 Å². The van der Waals surface area contributed by atoms with E-state index in [1.807, 2.05) is 67.6 Å². The van der Waals surface area contributed by atoms with Crippen molar-refractivity contribution in [3.63, 3.8) is 0 Å². The number of aromatic amines is 1. The first-order valence-corrected chi connectivity index (χ1v) is 11.3. The first-order chi connectivity index (χ1) is 16.0. The average molecular weight is 438 g/mol. The number of nitrogens with one attached hydrogen (secondary N) is 2. The lowest BCUT2D eigenvalue weighted by atomic mass is 9.79. The van der Waals surface area contributed by atoms with Gasteiger partial charge in [0.1, 0.15) is 0 Å². The van der Waals surface area contributed by atoms with E-state index in [1.165, 1.54) is 0 Å². The first kappa shape index (κ1) is 21.2. The maximum Gasteiger partial charge on any atom is 0.256 e. The highest BCUT2D eigenvalue weighted by molar-refractivity contribution is 6.29. The van der Waals surface area contributed by atoms with Gasteiger partial charge in [-0.15, -0.1) is 0 Å². The zero-order valence-corrected chi connectivity index (χ0v) is 19.2. The van der Waals surface area contributed by atoms with Gasteiger partial charge in [-0.2, -0.15) is 0 Å². The van der Waals surface area contributed by atoms with Crippen LogP contribution in [0.4, 0.5) is 5.69 Å². The molecule has 5 heteroatoms. The zero-order chi connectivity index (χ0) is 23.1. The van der Waals surface area contributed by atoms with Crippen LogP contribution in [0.15, 0.2) is 65.5 Å². The predicted octanol–water partition coefficient (Wildman–Crippen LogP) is 5.08. The quantitative estimate of drug-likeness (QED) is 0.364. The molecule has 0 spiro atoms. The number of aryl methyl sites for hydroxylation is 1. The van der Waals surface area contributed by atoms with Crippen LogP contribution in [0.25, 0.3) is 33.2 Å². The van der Waals surface area contributed by atoms with Gasteiger partial charge in [-0.05, 0) is 56.7 Å². The Balaban J connectivity index is 1.83. The van der Waals surface area contributed by atoms with Gasteiger partial charge in [-0.1, -0.05) is 54.6 Å². The lowest BCUT2D eigenvalue weighted by Crippen LogP contribution is -2.21. The zero-order valence-electron chi connectivity index (χ0n) is 19.2. The standard InChI is InChI=1S/C28H27N3O2/c1-17-16-21(29-14-9-15-31(2)3)24-25-23(19-12-7-8-13-20(19)27(24)32)22(28(33)30-26(17)25)18-10-5-4-6-11-18/h4-8,10-13,16,29H,9,14-15H2,1-3H3,(H,30,33). The summed E-state index contributed by atoms with van der Waals surface area (Å²) in [6, 6.07) is 19.3. The number of anilines is 1. The second-order valence-corrected chi connectivity index (χ2v) is 8.89. The molecule has 0 atom stereocenters. The van der Waals surface area contributed by atoms with Crippen LogP contribution < -0.4 is 10.9 Å². The number of pyridine rings is 1. The molecule has 0 saturated carbocycles. The van der Waals surface area contributed by atoms with Crippen molar-refractivity contribution in [3.05, 3.63) is 87.7 Å². The van der Waals surface area contributed by atoms with Gasteiger partial charge in [0.2, 0.25) is 0 Å². The molecule has 1 aromatic heterocycles. The molecule has 0 bridgehead atoms. The number of benzene rings is 3. The Hall–Kier alpha value is -3.70. The highest BCUT2D eigenvalue weighted by Gasteiger charge is 2.31. The fraction of sp³-hybridized carbons (Fsp3) is 0.214. The summed E-state index contributed by atoms with van der Waals surface area (Å²) in [5.41, 5.74) is 6.72. The molecule has 0 aliphatic heterocycles. The number of hydrogen-bond donors (Lipinski definition) is 2. The molecule has 0 saturated heterocycles. The van der Waals surface area contributed by atoms with Crippen LogP contribution in [0, 0.1) is 6.92 Å². The highest BCUT2D eigenvalue weighted by Crippen LogP contribution is 2.45. The van der Waals surface area contributed by atoms with E-state index in [2.05, 4.69) is 29.3 Å². The number of H-pyrrole nitrogens is 1. The van der Waals surface area contributed by atoms with Gasteiger partial charge in [0.15, 0.2) is 5.78 Å². The van der Waals surface area contributed by atoms with Crippen LogP contribution in [-0.4, -0.2) is 42.9 Å². The minimum atomic E-state index is -0.145. The molecule has 3 aromatic carbocycles. The second kappa shape index (κ2) is 8.34. The van der Waals surface area contributed by atoms with E-state index in [9.17, 15) is 9.59 Å². The number of hydrogen-bond acceptors (Lipinski definition) is 4. The minimum Gasteiger partial charge on any atom is -0.384 e. The molecule has 0 fully saturated rings. The van der Waals surface area contributed by atoms with Crippen molar-refractivity contribution < 1.29 is 4.79 Å². The Bertz CT molecular complexity index is 1440. The van der Waals surface area contributed by atoms with E-state index in [1.54, 1.807) is 0 Å². The van der Waals surface area contributed by atoms with Gasteiger partial charge < -0.3 is 15.2 Å². The molecule has 1 aliphatic carbocycles. The maximum absolute atomic E-state index is 13.8. The summed E-state index contributed by atoms with van der Waals surface area (Å²) in [7, 11) is 4.11. The summed E-state index contributed by atoms with van der Waals surface area (Å²) in [6.07, 6.45) is 0.960. The lowest BCUT2D eigenvalue weighted by molar-refractivity contribution is 0.104. The van der Waals surface area contributed by atoms with Crippen LogP contribution in [-0.2, 0) is 0 Å². The number of ketones is 1. The van der Waals surface area contributed by atoms with Crippen LogP contribution >= 0.6 is 0 Å². The molecule has 5 nitrogen and oxygen atoms in total. The van der Waals surface area contributed by atoms with Gasteiger partial charge in [-0.3, -0.25) is 9.59 Å². The number of nitrogens with zero attached hydrogens (tertiary/aromatic N) is 1. The van der Waals surface area contributed by atoms with Crippen LogP contribution in [0.5, 0.6) is 0 Å². The molecular weight excluding hydrogens is 410 g/mol. The molecule has 1 aliphatic rings. The molecule has 0 radical (unpaired) electrons. The lowest BCUT2D eigenvalue weighted by Gasteiger charge is -2.25. The monoisotopic (exact) mass is 437 g/mol. The van der Waals surface area contributed by atoms with E-state index >= 15 is 0 Å². The number of rotatable bonds is 6.